The first-order chi connectivity index (χ1) is 10.6. The van der Waals surface area contributed by atoms with Crippen LogP contribution in [0.15, 0.2) is 24.3 Å². The smallest absolute Gasteiger partial charge is 0.383 e. The zero-order valence-corrected chi connectivity index (χ0v) is 13.1. The van der Waals surface area contributed by atoms with Gasteiger partial charge in [0.2, 0.25) is 11.8 Å². The molecule has 0 heterocycles. The number of hydrogen-bond acceptors (Lipinski definition) is 3. The van der Waals surface area contributed by atoms with Crippen molar-refractivity contribution in [1.82, 2.24) is 5.32 Å². The Hall–Kier alpha value is -2.09. The van der Waals surface area contributed by atoms with E-state index in [9.17, 15) is 22.8 Å². The quantitative estimate of drug-likeness (QED) is 0.621. The Morgan fingerprint density at radius 3 is 2.39 bits per heavy atom. The molecule has 0 saturated heterocycles. The van der Waals surface area contributed by atoms with E-state index in [-0.39, 0.29) is 18.8 Å². The van der Waals surface area contributed by atoms with E-state index in [2.05, 4.69) is 10.6 Å². The Kier molecular flexibility index (Phi) is 6.14. The van der Waals surface area contributed by atoms with Crippen LogP contribution in [-0.4, -0.2) is 32.1 Å². The van der Waals surface area contributed by atoms with Crippen molar-refractivity contribution in [3.05, 3.63) is 29.8 Å². The first-order valence-corrected chi connectivity index (χ1v) is 6.85. The molecule has 1 rings (SSSR count). The molecule has 2 amide bonds. The summed E-state index contributed by atoms with van der Waals surface area (Å²) in [4.78, 5) is 24.2. The molecule has 0 aliphatic carbocycles. The fraction of sp³-hybridized carbons (Fsp3) is 0.467. The molecule has 1 aromatic carbocycles. The second-order valence-corrected chi connectivity index (χ2v) is 5.41. The number of halogens is 3. The molecule has 0 aliphatic heterocycles. The first-order valence-electron chi connectivity index (χ1n) is 6.85. The van der Waals surface area contributed by atoms with Crippen LogP contribution in [-0.2, 0) is 20.5 Å². The summed E-state index contributed by atoms with van der Waals surface area (Å²) in [6.45, 7) is 3.29. The number of carbonyl (C=O) groups is 2. The van der Waals surface area contributed by atoms with Gasteiger partial charge in [-0.25, -0.2) is 0 Å². The Bertz CT molecular complexity index is 571. The zero-order valence-electron chi connectivity index (χ0n) is 13.1. The van der Waals surface area contributed by atoms with Crippen molar-refractivity contribution in [2.75, 3.05) is 25.6 Å². The van der Waals surface area contributed by atoms with Crippen molar-refractivity contribution < 1.29 is 27.5 Å². The SMILES string of the molecule is COCCNC(=O)C(C)(C)C(=O)Nc1cccc(C(F)(F)F)c1. The molecule has 0 atom stereocenters. The summed E-state index contributed by atoms with van der Waals surface area (Å²) in [5.74, 6) is -1.24. The Morgan fingerprint density at radius 2 is 1.83 bits per heavy atom. The van der Waals surface area contributed by atoms with Gasteiger partial charge in [0.1, 0.15) is 5.41 Å². The number of alkyl halides is 3. The van der Waals surface area contributed by atoms with Crippen LogP contribution in [0.3, 0.4) is 0 Å². The van der Waals surface area contributed by atoms with E-state index in [1.807, 2.05) is 0 Å². The number of ether oxygens (including phenoxy) is 1. The molecule has 0 spiro atoms. The van der Waals surface area contributed by atoms with E-state index in [0.717, 1.165) is 12.1 Å². The number of carbonyl (C=O) groups excluding carboxylic acids is 2. The number of hydrogen-bond donors (Lipinski definition) is 2. The van der Waals surface area contributed by atoms with E-state index in [1.165, 1.54) is 33.1 Å². The molecule has 2 N–H and O–H groups in total. The predicted molar refractivity (Wildman–Crippen MR) is 78.7 cm³/mol. The van der Waals surface area contributed by atoms with Crippen LogP contribution in [0.4, 0.5) is 18.9 Å². The maximum absolute atomic E-state index is 12.7. The fourth-order valence-electron chi connectivity index (χ4n) is 1.65. The summed E-state index contributed by atoms with van der Waals surface area (Å²) in [6.07, 6.45) is -4.51. The Labute approximate surface area is 132 Å². The maximum atomic E-state index is 12.7. The standard InChI is InChI=1S/C15H19F3N2O3/c1-14(2,12(21)19-7-8-23-3)13(22)20-11-6-4-5-10(9-11)15(16,17)18/h4-6,9H,7-8H2,1-3H3,(H,19,21)(H,20,22). The molecule has 0 bridgehead atoms. The van der Waals surface area contributed by atoms with Gasteiger partial charge in [-0.15, -0.1) is 0 Å². The average Bonchev–Trinajstić information content (AvgIpc) is 2.46. The zero-order chi connectivity index (χ0) is 17.7. The van der Waals surface area contributed by atoms with Gasteiger partial charge in [0.25, 0.3) is 0 Å². The third kappa shape index (κ3) is 5.24. The first kappa shape index (κ1) is 19.0. The Morgan fingerprint density at radius 1 is 1.17 bits per heavy atom. The molecule has 5 nitrogen and oxygen atoms in total. The second-order valence-electron chi connectivity index (χ2n) is 5.41. The molecule has 0 aromatic heterocycles. The van der Waals surface area contributed by atoms with Crippen LogP contribution in [0.5, 0.6) is 0 Å². The lowest BCUT2D eigenvalue weighted by Gasteiger charge is -2.23. The molecule has 0 saturated carbocycles. The van der Waals surface area contributed by atoms with E-state index in [4.69, 9.17) is 4.74 Å². The summed E-state index contributed by atoms with van der Waals surface area (Å²) in [7, 11) is 1.47. The molecule has 0 fully saturated rings. The summed E-state index contributed by atoms with van der Waals surface area (Å²) >= 11 is 0. The molecule has 0 radical (unpaired) electrons. The molecule has 1 aromatic rings. The molecular weight excluding hydrogens is 313 g/mol. The van der Waals surface area contributed by atoms with E-state index < -0.39 is 29.0 Å². The number of rotatable bonds is 6. The van der Waals surface area contributed by atoms with Crippen molar-refractivity contribution >= 4 is 17.5 Å². The van der Waals surface area contributed by atoms with Gasteiger partial charge in [-0.05, 0) is 32.0 Å². The van der Waals surface area contributed by atoms with Crippen LogP contribution in [0.2, 0.25) is 0 Å². The average molecular weight is 332 g/mol. The largest absolute Gasteiger partial charge is 0.416 e. The highest BCUT2D eigenvalue weighted by atomic mass is 19.4. The summed E-state index contributed by atoms with van der Waals surface area (Å²) in [5.41, 5.74) is -2.35. The summed E-state index contributed by atoms with van der Waals surface area (Å²) < 4.78 is 42.7. The maximum Gasteiger partial charge on any atom is 0.416 e. The predicted octanol–water partition coefficient (Wildman–Crippen LogP) is 2.43. The highest BCUT2D eigenvalue weighted by Gasteiger charge is 2.36. The van der Waals surface area contributed by atoms with Crippen LogP contribution >= 0.6 is 0 Å². The van der Waals surface area contributed by atoms with Crippen molar-refractivity contribution in [2.45, 2.75) is 20.0 Å². The number of nitrogens with one attached hydrogen (secondary N) is 2. The van der Waals surface area contributed by atoms with Gasteiger partial charge in [0.05, 0.1) is 12.2 Å². The van der Waals surface area contributed by atoms with Gasteiger partial charge < -0.3 is 15.4 Å². The van der Waals surface area contributed by atoms with E-state index >= 15 is 0 Å². The van der Waals surface area contributed by atoms with Crippen molar-refractivity contribution in [1.29, 1.82) is 0 Å². The summed E-state index contributed by atoms with van der Waals surface area (Å²) in [5, 5.41) is 4.86. The number of benzene rings is 1. The topological polar surface area (TPSA) is 67.4 Å². The second kappa shape index (κ2) is 7.45. The van der Waals surface area contributed by atoms with Crippen LogP contribution in [0.25, 0.3) is 0 Å². The van der Waals surface area contributed by atoms with Gasteiger partial charge >= 0.3 is 6.18 Å². The van der Waals surface area contributed by atoms with Crippen molar-refractivity contribution in [2.24, 2.45) is 5.41 Å². The van der Waals surface area contributed by atoms with E-state index in [0.29, 0.717) is 0 Å². The molecular formula is C15H19F3N2O3. The van der Waals surface area contributed by atoms with Crippen molar-refractivity contribution in [3.8, 4) is 0 Å². The minimum atomic E-state index is -4.51. The van der Waals surface area contributed by atoms with Crippen molar-refractivity contribution in [3.63, 3.8) is 0 Å². The fourth-order valence-corrected chi connectivity index (χ4v) is 1.65. The third-order valence-electron chi connectivity index (χ3n) is 3.17. The molecule has 0 unspecified atom stereocenters. The number of anilines is 1. The Balaban J connectivity index is 2.80. The van der Waals surface area contributed by atoms with Gasteiger partial charge in [0, 0.05) is 19.3 Å². The van der Waals surface area contributed by atoms with Gasteiger partial charge in [-0.2, -0.15) is 13.2 Å². The lowest BCUT2D eigenvalue weighted by atomic mass is 9.91. The molecule has 23 heavy (non-hydrogen) atoms. The number of methoxy groups -OCH3 is 1. The van der Waals surface area contributed by atoms with E-state index in [1.54, 1.807) is 0 Å². The van der Waals surface area contributed by atoms with Gasteiger partial charge in [0.15, 0.2) is 0 Å². The van der Waals surface area contributed by atoms with Gasteiger partial charge in [-0.3, -0.25) is 9.59 Å². The normalized spacial score (nSPS) is 11.9. The number of amides is 2. The third-order valence-corrected chi connectivity index (χ3v) is 3.17. The minimum absolute atomic E-state index is 0.0254. The molecule has 0 aliphatic rings. The van der Waals surface area contributed by atoms with Crippen LogP contribution in [0.1, 0.15) is 19.4 Å². The van der Waals surface area contributed by atoms with Crippen LogP contribution in [0, 0.1) is 5.41 Å². The van der Waals surface area contributed by atoms with Crippen LogP contribution < -0.4 is 10.6 Å². The molecule has 8 heteroatoms. The highest BCUT2D eigenvalue weighted by molar-refractivity contribution is 6.09. The molecule has 128 valence electrons. The summed E-state index contributed by atoms with van der Waals surface area (Å²) in [6, 6.07) is 4.23. The lowest BCUT2D eigenvalue weighted by Crippen LogP contribution is -2.45. The van der Waals surface area contributed by atoms with Gasteiger partial charge in [-0.1, -0.05) is 6.07 Å². The monoisotopic (exact) mass is 332 g/mol. The highest BCUT2D eigenvalue weighted by Crippen LogP contribution is 2.31. The lowest BCUT2D eigenvalue weighted by molar-refractivity contribution is -0.139. The minimum Gasteiger partial charge on any atom is -0.383 e.